The van der Waals surface area contributed by atoms with Gasteiger partial charge in [0.05, 0.1) is 0 Å². The highest BCUT2D eigenvalue weighted by atomic mass is 35.7. The molecule has 2 fully saturated rings. The van der Waals surface area contributed by atoms with Crippen molar-refractivity contribution in [3.63, 3.8) is 0 Å². The molecule has 0 aromatic carbocycles. The van der Waals surface area contributed by atoms with E-state index in [9.17, 15) is 26.4 Å². The van der Waals surface area contributed by atoms with Crippen LogP contribution in [0.15, 0.2) is 46.5 Å². The molecule has 47 heavy (non-hydrogen) atoms. The molecule has 1 N–H and O–H groups in total. The van der Waals surface area contributed by atoms with Gasteiger partial charge in [-0.25, -0.2) is 36.4 Å². The fourth-order valence-corrected chi connectivity index (χ4v) is 6.06. The standard InChI is InChI=1S/C14H20ClN3O4S.C9H18N2O2.C5H3Cl2NO2S/c1-14(2,3)22-13(19)17-6-8-18(9-7-17)23(20,21)11-4-5-12(15)16-10-11;1-9(2,3)13-8(12)11-6-4-10-5-7-11;6-5-2-1-4(3-8-5)11(7,9)10/h4-5,10H,6-9H2,1-3H3;10H,4-7H2,1-3H3;1-3H. The summed E-state index contributed by atoms with van der Waals surface area (Å²) in [5, 5.41) is 3.65. The number of amides is 2. The molecule has 2 aromatic heterocycles. The SMILES string of the molecule is CC(C)(C)OC(=O)N1CCN(S(=O)(=O)c2ccc(Cl)nc2)CC1.CC(C)(C)OC(=O)N1CCNCC1.O=S(=O)(Cl)c1ccc(Cl)nc1. The van der Waals surface area contributed by atoms with Crippen LogP contribution in [0, 0.1) is 0 Å². The van der Waals surface area contributed by atoms with E-state index in [0.717, 1.165) is 32.4 Å². The van der Waals surface area contributed by atoms with Gasteiger partial charge in [0.2, 0.25) is 10.0 Å². The van der Waals surface area contributed by atoms with Crippen LogP contribution in [-0.2, 0) is 28.5 Å². The Morgan fingerprint density at radius 1 is 0.702 bits per heavy atom. The summed E-state index contributed by atoms with van der Waals surface area (Å²) in [6, 6.07) is 5.50. The fourth-order valence-electron chi connectivity index (χ4n) is 3.78. The number of ether oxygens (including phenoxy) is 2. The summed E-state index contributed by atoms with van der Waals surface area (Å²) >= 11 is 11.1. The summed E-state index contributed by atoms with van der Waals surface area (Å²) < 4.78 is 58.1. The molecule has 2 aromatic rings. The minimum absolute atomic E-state index is 0.0523. The van der Waals surface area contributed by atoms with Crippen LogP contribution in [0.1, 0.15) is 41.5 Å². The van der Waals surface area contributed by atoms with Crippen molar-refractivity contribution in [1.82, 2.24) is 29.4 Å². The molecule has 2 aliphatic rings. The van der Waals surface area contributed by atoms with Crippen LogP contribution < -0.4 is 5.32 Å². The summed E-state index contributed by atoms with van der Waals surface area (Å²) in [6.45, 7) is 15.2. The predicted octanol–water partition coefficient (Wildman–Crippen LogP) is 4.47. The van der Waals surface area contributed by atoms with Crippen LogP contribution in [0.3, 0.4) is 0 Å². The largest absolute Gasteiger partial charge is 0.444 e. The summed E-state index contributed by atoms with van der Waals surface area (Å²) in [4.78, 5) is 34.1. The lowest BCUT2D eigenvalue weighted by atomic mass is 10.2. The van der Waals surface area contributed by atoms with Crippen LogP contribution in [-0.4, -0.2) is 117 Å². The van der Waals surface area contributed by atoms with Crippen LogP contribution in [0.5, 0.6) is 0 Å². The third kappa shape index (κ3) is 14.7. The minimum Gasteiger partial charge on any atom is -0.444 e. The number of rotatable bonds is 3. The third-order valence-electron chi connectivity index (χ3n) is 5.98. The molecule has 264 valence electrons. The molecule has 19 heteroatoms. The zero-order valence-corrected chi connectivity index (χ0v) is 31.0. The van der Waals surface area contributed by atoms with Crippen LogP contribution >= 0.6 is 33.9 Å². The van der Waals surface area contributed by atoms with E-state index in [-0.39, 0.29) is 58.0 Å². The van der Waals surface area contributed by atoms with Crippen LogP contribution in [0.4, 0.5) is 9.59 Å². The van der Waals surface area contributed by atoms with Gasteiger partial charge in [-0.15, -0.1) is 0 Å². The summed E-state index contributed by atoms with van der Waals surface area (Å²) in [6.07, 6.45) is 1.71. The number of sulfonamides is 1. The van der Waals surface area contributed by atoms with Crippen molar-refractivity contribution < 1.29 is 35.9 Å². The lowest BCUT2D eigenvalue weighted by Gasteiger charge is -2.34. The maximum atomic E-state index is 12.5. The molecule has 0 unspecified atom stereocenters. The summed E-state index contributed by atoms with van der Waals surface area (Å²) in [5.74, 6) is 0. The molecular formula is C28H41Cl3N6O8S2. The number of aromatic nitrogens is 2. The van der Waals surface area contributed by atoms with Crippen molar-refractivity contribution in [2.75, 3.05) is 52.4 Å². The maximum absolute atomic E-state index is 12.5. The molecule has 0 bridgehead atoms. The van der Waals surface area contributed by atoms with Gasteiger partial charge in [0.15, 0.2) is 0 Å². The molecule has 0 aliphatic carbocycles. The Kier molecular flexibility index (Phi) is 15.0. The van der Waals surface area contributed by atoms with E-state index in [1.54, 1.807) is 25.7 Å². The first-order chi connectivity index (χ1) is 21.6. The van der Waals surface area contributed by atoms with E-state index in [1.165, 1.54) is 39.7 Å². The zero-order valence-electron chi connectivity index (χ0n) is 27.1. The number of piperazine rings is 2. The van der Waals surface area contributed by atoms with Crippen molar-refractivity contribution in [2.45, 2.75) is 62.5 Å². The van der Waals surface area contributed by atoms with Crippen LogP contribution in [0.25, 0.3) is 0 Å². The number of nitrogens with zero attached hydrogens (tertiary/aromatic N) is 5. The maximum Gasteiger partial charge on any atom is 0.410 e. The third-order valence-corrected chi connectivity index (χ3v) is 9.65. The highest BCUT2D eigenvalue weighted by Crippen LogP contribution is 2.20. The number of carbonyl (C=O) groups excluding carboxylic acids is 2. The van der Waals surface area contributed by atoms with Gasteiger partial charge in [-0.1, -0.05) is 23.2 Å². The van der Waals surface area contributed by atoms with E-state index in [2.05, 4.69) is 15.3 Å². The molecule has 4 rings (SSSR count). The number of hydrogen-bond acceptors (Lipinski definition) is 11. The number of nitrogens with one attached hydrogen (secondary N) is 1. The topological polar surface area (TPSA) is 168 Å². The number of halogens is 3. The molecule has 4 heterocycles. The van der Waals surface area contributed by atoms with Gasteiger partial charge >= 0.3 is 12.2 Å². The van der Waals surface area contributed by atoms with Crippen molar-refractivity contribution in [3.05, 3.63) is 47.0 Å². The lowest BCUT2D eigenvalue weighted by Crippen LogP contribution is -2.51. The number of hydrogen-bond donors (Lipinski definition) is 1. The van der Waals surface area contributed by atoms with Gasteiger partial charge in [-0.2, -0.15) is 4.31 Å². The van der Waals surface area contributed by atoms with Gasteiger partial charge < -0.3 is 24.6 Å². The van der Waals surface area contributed by atoms with Crippen molar-refractivity contribution in [2.24, 2.45) is 0 Å². The Morgan fingerprint density at radius 3 is 1.47 bits per heavy atom. The van der Waals surface area contributed by atoms with Crippen LogP contribution in [0.2, 0.25) is 10.3 Å². The number of pyridine rings is 2. The van der Waals surface area contributed by atoms with Crippen molar-refractivity contribution in [1.29, 1.82) is 0 Å². The second-order valence-corrected chi connectivity index (χ2v) is 17.4. The van der Waals surface area contributed by atoms with E-state index in [1.807, 2.05) is 20.8 Å². The Bertz CT molecular complexity index is 1540. The second-order valence-electron chi connectivity index (χ2n) is 12.2. The summed E-state index contributed by atoms with van der Waals surface area (Å²) in [5.41, 5.74) is -0.961. The smallest absolute Gasteiger partial charge is 0.410 e. The number of carbonyl (C=O) groups is 2. The molecule has 0 saturated carbocycles. The Balaban J connectivity index is 0.000000270. The van der Waals surface area contributed by atoms with E-state index >= 15 is 0 Å². The van der Waals surface area contributed by atoms with E-state index in [0.29, 0.717) is 0 Å². The zero-order chi connectivity index (χ0) is 35.6. The first-order valence-electron chi connectivity index (χ1n) is 14.4. The highest BCUT2D eigenvalue weighted by Gasteiger charge is 2.32. The minimum atomic E-state index is -3.67. The van der Waals surface area contributed by atoms with Crippen molar-refractivity contribution in [3.8, 4) is 0 Å². The molecule has 2 amide bonds. The van der Waals surface area contributed by atoms with Gasteiger partial charge in [-0.05, 0) is 65.8 Å². The first-order valence-corrected chi connectivity index (χ1v) is 18.9. The molecule has 0 atom stereocenters. The molecule has 2 aliphatic heterocycles. The lowest BCUT2D eigenvalue weighted by molar-refractivity contribution is 0.0190. The Hall–Kier alpha value is -2.47. The van der Waals surface area contributed by atoms with Crippen molar-refractivity contribution >= 4 is 65.1 Å². The van der Waals surface area contributed by atoms with Gasteiger partial charge in [0.25, 0.3) is 9.05 Å². The fraction of sp³-hybridized carbons (Fsp3) is 0.571. The second kappa shape index (κ2) is 17.3. The predicted molar refractivity (Wildman–Crippen MR) is 179 cm³/mol. The monoisotopic (exact) mass is 758 g/mol. The summed E-state index contributed by atoms with van der Waals surface area (Å²) in [7, 11) is -2.30. The molecular weight excluding hydrogens is 719 g/mol. The van der Waals surface area contributed by atoms with Gasteiger partial charge in [0, 0.05) is 75.4 Å². The normalized spacial score (nSPS) is 16.2. The average molecular weight is 760 g/mol. The first kappa shape index (κ1) is 40.7. The van der Waals surface area contributed by atoms with E-state index < -0.39 is 30.8 Å². The molecule has 2 saturated heterocycles. The Morgan fingerprint density at radius 2 is 1.11 bits per heavy atom. The van der Waals surface area contributed by atoms with E-state index in [4.69, 9.17) is 43.4 Å². The van der Waals surface area contributed by atoms with Gasteiger partial charge in [0.1, 0.15) is 31.3 Å². The molecule has 14 nitrogen and oxygen atoms in total. The van der Waals surface area contributed by atoms with Gasteiger partial charge in [-0.3, -0.25) is 0 Å². The Labute approximate surface area is 291 Å². The average Bonchev–Trinajstić information content (AvgIpc) is 2.97. The molecule has 0 radical (unpaired) electrons. The molecule has 0 spiro atoms. The highest BCUT2D eigenvalue weighted by molar-refractivity contribution is 8.13. The quantitative estimate of drug-likeness (QED) is 0.347.